The highest BCUT2D eigenvalue weighted by Gasteiger charge is 2.11. The molecular weight excluding hydrogens is 306 g/mol. The molecule has 24 heavy (non-hydrogen) atoms. The van der Waals surface area contributed by atoms with Crippen LogP contribution in [-0.2, 0) is 4.79 Å². The second-order valence-electron chi connectivity index (χ2n) is 5.27. The van der Waals surface area contributed by atoms with Gasteiger partial charge in [-0.15, -0.1) is 0 Å². The predicted molar refractivity (Wildman–Crippen MR) is 91.2 cm³/mol. The average Bonchev–Trinajstić information content (AvgIpc) is 2.56. The number of anilines is 1. The normalized spacial score (nSPS) is 10.8. The van der Waals surface area contributed by atoms with Gasteiger partial charge in [0.05, 0.1) is 4.92 Å². The van der Waals surface area contributed by atoms with Crippen molar-refractivity contribution in [2.75, 3.05) is 5.32 Å². The molecule has 1 amide bonds. The summed E-state index contributed by atoms with van der Waals surface area (Å²) in [5.74, 6) is -0.529. The Morgan fingerprint density at radius 2 is 1.83 bits per heavy atom. The summed E-state index contributed by atoms with van der Waals surface area (Å²) in [6.45, 7) is 3.90. The van der Waals surface area contributed by atoms with E-state index in [4.69, 9.17) is 0 Å². The van der Waals surface area contributed by atoms with E-state index in [-0.39, 0.29) is 11.3 Å². The molecular formula is C18H15N3O3. The maximum atomic E-state index is 12.2. The minimum absolute atomic E-state index is 0.0507. The molecule has 0 spiro atoms. The Morgan fingerprint density at radius 3 is 2.38 bits per heavy atom. The molecule has 2 rings (SSSR count). The molecule has 0 saturated heterocycles. The number of amides is 1. The van der Waals surface area contributed by atoms with Gasteiger partial charge in [-0.25, -0.2) is 0 Å². The number of non-ortho nitro benzene ring substituents is 1. The molecule has 2 aromatic rings. The predicted octanol–water partition coefficient (Wildman–Crippen LogP) is 3.76. The first-order valence-corrected chi connectivity index (χ1v) is 7.15. The van der Waals surface area contributed by atoms with E-state index in [2.05, 4.69) is 5.32 Å². The number of carbonyl (C=O) groups is 1. The zero-order chi connectivity index (χ0) is 17.7. The summed E-state index contributed by atoms with van der Waals surface area (Å²) in [5.41, 5.74) is 3.15. The third-order valence-corrected chi connectivity index (χ3v) is 3.54. The minimum atomic E-state index is -0.529. The van der Waals surface area contributed by atoms with Crippen molar-refractivity contribution in [2.45, 2.75) is 13.8 Å². The minimum Gasteiger partial charge on any atom is -0.321 e. The summed E-state index contributed by atoms with van der Waals surface area (Å²) in [6, 6.07) is 12.9. The highest BCUT2D eigenvalue weighted by Crippen LogP contribution is 2.17. The van der Waals surface area contributed by atoms with Gasteiger partial charge in [0.2, 0.25) is 0 Å². The molecule has 0 fully saturated rings. The van der Waals surface area contributed by atoms with E-state index < -0.39 is 10.8 Å². The number of nitro benzene ring substituents is 1. The maximum absolute atomic E-state index is 12.2. The summed E-state index contributed by atoms with van der Waals surface area (Å²) < 4.78 is 0. The second-order valence-corrected chi connectivity index (χ2v) is 5.27. The van der Waals surface area contributed by atoms with Crippen molar-refractivity contribution in [2.24, 2.45) is 0 Å². The first-order valence-electron chi connectivity index (χ1n) is 7.15. The van der Waals surface area contributed by atoms with Crippen LogP contribution >= 0.6 is 0 Å². The number of nitrogens with zero attached hydrogens (tertiary/aromatic N) is 2. The van der Waals surface area contributed by atoms with Crippen molar-refractivity contribution < 1.29 is 9.72 Å². The number of nitro groups is 1. The summed E-state index contributed by atoms with van der Waals surface area (Å²) in [5, 5.41) is 22.5. The summed E-state index contributed by atoms with van der Waals surface area (Å²) in [4.78, 5) is 22.3. The van der Waals surface area contributed by atoms with Crippen LogP contribution in [0.25, 0.3) is 6.08 Å². The molecule has 120 valence electrons. The van der Waals surface area contributed by atoms with E-state index in [0.717, 1.165) is 11.1 Å². The van der Waals surface area contributed by atoms with Crippen LogP contribution in [-0.4, -0.2) is 10.8 Å². The van der Waals surface area contributed by atoms with Gasteiger partial charge in [-0.3, -0.25) is 14.9 Å². The Morgan fingerprint density at radius 1 is 1.17 bits per heavy atom. The average molecular weight is 321 g/mol. The van der Waals surface area contributed by atoms with E-state index in [1.165, 1.54) is 30.3 Å². The Bertz CT molecular complexity index is 862. The maximum Gasteiger partial charge on any atom is 0.269 e. The van der Waals surface area contributed by atoms with Crippen LogP contribution in [0.2, 0.25) is 0 Å². The molecule has 0 saturated carbocycles. The van der Waals surface area contributed by atoms with Gasteiger partial charge in [0.25, 0.3) is 11.6 Å². The van der Waals surface area contributed by atoms with Gasteiger partial charge in [-0.2, -0.15) is 5.26 Å². The molecule has 0 aliphatic rings. The molecule has 0 atom stereocenters. The largest absolute Gasteiger partial charge is 0.321 e. The monoisotopic (exact) mass is 321 g/mol. The van der Waals surface area contributed by atoms with Crippen LogP contribution in [0.5, 0.6) is 0 Å². The van der Waals surface area contributed by atoms with E-state index in [0.29, 0.717) is 11.3 Å². The number of rotatable bonds is 4. The van der Waals surface area contributed by atoms with E-state index in [1.807, 2.05) is 32.0 Å². The first kappa shape index (κ1) is 16.9. The third-order valence-electron chi connectivity index (χ3n) is 3.54. The van der Waals surface area contributed by atoms with Gasteiger partial charge in [0.1, 0.15) is 11.6 Å². The summed E-state index contributed by atoms with van der Waals surface area (Å²) >= 11 is 0. The Hall–Kier alpha value is -3.46. The van der Waals surface area contributed by atoms with Crippen molar-refractivity contribution in [3.63, 3.8) is 0 Å². The Balaban J connectivity index is 2.20. The number of aryl methyl sites for hydroxylation is 2. The van der Waals surface area contributed by atoms with Gasteiger partial charge in [0.15, 0.2) is 0 Å². The van der Waals surface area contributed by atoms with Gasteiger partial charge in [-0.05, 0) is 60.9 Å². The number of hydrogen-bond donors (Lipinski definition) is 1. The van der Waals surface area contributed by atoms with Gasteiger partial charge < -0.3 is 5.32 Å². The molecule has 0 bridgehead atoms. The third kappa shape index (κ3) is 4.05. The quantitative estimate of drug-likeness (QED) is 0.401. The van der Waals surface area contributed by atoms with Gasteiger partial charge >= 0.3 is 0 Å². The number of nitrogens with one attached hydrogen (secondary N) is 1. The molecule has 6 heteroatoms. The smallest absolute Gasteiger partial charge is 0.269 e. The fourth-order valence-corrected chi connectivity index (χ4v) is 2.03. The van der Waals surface area contributed by atoms with Crippen LogP contribution in [0, 0.1) is 35.3 Å². The highest BCUT2D eigenvalue weighted by atomic mass is 16.6. The molecule has 2 aromatic carbocycles. The molecule has 0 aromatic heterocycles. The lowest BCUT2D eigenvalue weighted by Gasteiger charge is -2.07. The SMILES string of the molecule is Cc1ccc(NC(=O)C(C#N)=Cc2ccc([N+](=O)[O-])cc2)cc1C. The molecule has 0 radical (unpaired) electrons. The van der Waals surface area contributed by atoms with E-state index in [9.17, 15) is 20.2 Å². The van der Waals surface area contributed by atoms with Crippen LogP contribution < -0.4 is 5.32 Å². The Kier molecular flexibility index (Phi) is 5.07. The van der Waals surface area contributed by atoms with Gasteiger partial charge in [0, 0.05) is 17.8 Å². The fourth-order valence-electron chi connectivity index (χ4n) is 2.03. The molecule has 0 aliphatic carbocycles. The van der Waals surface area contributed by atoms with Crippen LogP contribution in [0.15, 0.2) is 48.0 Å². The van der Waals surface area contributed by atoms with Gasteiger partial charge in [-0.1, -0.05) is 6.07 Å². The molecule has 0 aliphatic heterocycles. The highest BCUT2D eigenvalue weighted by molar-refractivity contribution is 6.09. The lowest BCUT2D eigenvalue weighted by molar-refractivity contribution is -0.384. The molecule has 1 N–H and O–H groups in total. The standard InChI is InChI=1S/C18H15N3O3/c1-12-3-6-16(9-13(12)2)20-18(22)15(11-19)10-14-4-7-17(8-5-14)21(23)24/h3-10H,1-2H3,(H,20,22). The summed E-state index contributed by atoms with van der Waals surface area (Å²) in [7, 11) is 0. The lowest BCUT2D eigenvalue weighted by atomic mass is 10.1. The van der Waals surface area contributed by atoms with Crippen molar-refractivity contribution in [1.29, 1.82) is 5.26 Å². The Labute approximate surface area is 139 Å². The van der Waals surface area contributed by atoms with E-state index >= 15 is 0 Å². The molecule has 0 unspecified atom stereocenters. The first-order chi connectivity index (χ1) is 11.4. The number of nitriles is 1. The van der Waals surface area contributed by atoms with Crippen LogP contribution in [0.4, 0.5) is 11.4 Å². The zero-order valence-electron chi connectivity index (χ0n) is 13.2. The van der Waals surface area contributed by atoms with Crippen molar-refractivity contribution in [1.82, 2.24) is 0 Å². The van der Waals surface area contributed by atoms with Crippen molar-refractivity contribution >= 4 is 23.4 Å². The molecule has 0 heterocycles. The number of benzene rings is 2. The molecule has 6 nitrogen and oxygen atoms in total. The summed E-state index contributed by atoms with van der Waals surface area (Å²) in [6.07, 6.45) is 1.39. The number of hydrogen-bond acceptors (Lipinski definition) is 4. The number of carbonyl (C=O) groups excluding carboxylic acids is 1. The van der Waals surface area contributed by atoms with Crippen molar-refractivity contribution in [3.05, 3.63) is 74.8 Å². The van der Waals surface area contributed by atoms with Crippen LogP contribution in [0.3, 0.4) is 0 Å². The zero-order valence-corrected chi connectivity index (χ0v) is 13.2. The fraction of sp³-hybridized carbons (Fsp3) is 0.111. The second kappa shape index (κ2) is 7.20. The van der Waals surface area contributed by atoms with E-state index in [1.54, 1.807) is 6.07 Å². The van der Waals surface area contributed by atoms with Crippen molar-refractivity contribution in [3.8, 4) is 6.07 Å². The van der Waals surface area contributed by atoms with Crippen LogP contribution in [0.1, 0.15) is 16.7 Å². The topological polar surface area (TPSA) is 96.0 Å². The lowest BCUT2D eigenvalue weighted by Crippen LogP contribution is -2.13.